The fourth-order valence-electron chi connectivity index (χ4n) is 1.02. The van der Waals surface area contributed by atoms with E-state index in [0.717, 1.165) is 5.56 Å². The van der Waals surface area contributed by atoms with Gasteiger partial charge in [-0.05, 0) is 24.1 Å². The second-order valence-corrected chi connectivity index (χ2v) is 3.79. The second-order valence-electron chi connectivity index (χ2n) is 2.95. The third-order valence-electron chi connectivity index (χ3n) is 1.82. The Morgan fingerprint density at radius 1 is 1.43 bits per heavy atom. The van der Waals surface area contributed by atoms with Crippen molar-refractivity contribution >= 4 is 29.1 Å². The van der Waals surface area contributed by atoms with E-state index in [1.807, 2.05) is 0 Å². The Balaban J connectivity index is 2.82. The molecule has 5 heteroatoms. The van der Waals surface area contributed by atoms with Crippen molar-refractivity contribution in [2.75, 3.05) is 0 Å². The number of hydrogen-bond acceptors (Lipinski definition) is 2. The molecular weight excluding hydrogens is 223 g/mol. The first-order chi connectivity index (χ1) is 6.50. The molecule has 1 aromatic rings. The maximum absolute atomic E-state index is 10.7. The highest BCUT2D eigenvalue weighted by atomic mass is 35.5. The Hall–Kier alpha value is -0.770. The van der Waals surface area contributed by atoms with Crippen molar-refractivity contribution in [2.24, 2.45) is 11.5 Å². The summed E-state index contributed by atoms with van der Waals surface area (Å²) < 4.78 is 0. The van der Waals surface area contributed by atoms with E-state index in [-0.39, 0.29) is 0 Å². The maximum atomic E-state index is 10.7. The number of carbonyl (C=O) groups excluding carboxylic acids is 1. The minimum atomic E-state index is -0.714. The van der Waals surface area contributed by atoms with Crippen molar-refractivity contribution in [2.45, 2.75) is 12.5 Å². The van der Waals surface area contributed by atoms with Gasteiger partial charge in [-0.2, -0.15) is 0 Å². The van der Waals surface area contributed by atoms with Crippen LogP contribution in [0.3, 0.4) is 0 Å². The summed E-state index contributed by atoms with van der Waals surface area (Å²) in [5, 5.41) is 1.04. The zero-order valence-electron chi connectivity index (χ0n) is 7.34. The van der Waals surface area contributed by atoms with Crippen molar-refractivity contribution in [3.63, 3.8) is 0 Å². The smallest absolute Gasteiger partial charge is 0.234 e. The molecule has 0 radical (unpaired) electrons. The Morgan fingerprint density at radius 3 is 2.57 bits per heavy atom. The molecule has 1 aromatic carbocycles. The summed E-state index contributed by atoms with van der Waals surface area (Å²) in [5.74, 6) is -0.545. The molecule has 0 aliphatic rings. The fourth-order valence-corrected chi connectivity index (χ4v) is 1.51. The van der Waals surface area contributed by atoms with Gasteiger partial charge in [0.2, 0.25) is 5.91 Å². The number of primary amides is 1. The first-order valence-corrected chi connectivity index (χ1v) is 4.75. The van der Waals surface area contributed by atoms with Crippen LogP contribution in [0.2, 0.25) is 10.0 Å². The summed E-state index contributed by atoms with van der Waals surface area (Å²) in [4.78, 5) is 10.7. The zero-order valence-corrected chi connectivity index (χ0v) is 8.85. The molecular formula is C9H10Cl2N2O. The molecule has 0 saturated carbocycles. The summed E-state index contributed by atoms with van der Waals surface area (Å²) >= 11 is 11.6. The molecule has 0 aliphatic carbocycles. The predicted octanol–water partition coefficient (Wildman–Crippen LogP) is 1.35. The number of carbonyl (C=O) groups is 1. The molecule has 0 saturated heterocycles. The van der Waals surface area contributed by atoms with Crippen LogP contribution < -0.4 is 11.5 Å². The third kappa shape index (κ3) is 2.87. The first-order valence-electron chi connectivity index (χ1n) is 3.99. The van der Waals surface area contributed by atoms with Crippen LogP contribution in [0.1, 0.15) is 5.56 Å². The second kappa shape index (κ2) is 4.64. The summed E-state index contributed by atoms with van der Waals surface area (Å²) in [6, 6.07) is 4.31. The Labute approximate surface area is 92.0 Å². The lowest BCUT2D eigenvalue weighted by Crippen LogP contribution is -2.38. The molecule has 1 rings (SSSR count). The van der Waals surface area contributed by atoms with Crippen LogP contribution in [0, 0.1) is 0 Å². The van der Waals surface area contributed by atoms with Crippen LogP contribution in [0.15, 0.2) is 18.2 Å². The third-order valence-corrected chi connectivity index (χ3v) is 2.41. The lowest BCUT2D eigenvalue weighted by atomic mass is 10.1. The molecule has 76 valence electrons. The van der Waals surface area contributed by atoms with Crippen LogP contribution in [0.4, 0.5) is 0 Å². The van der Waals surface area contributed by atoms with E-state index in [1.165, 1.54) is 0 Å². The van der Waals surface area contributed by atoms with E-state index < -0.39 is 11.9 Å². The van der Waals surface area contributed by atoms with Gasteiger partial charge in [0.1, 0.15) is 0 Å². The number of rotatable bonds is 3. The highest BCUT2D eigenvalue weighted by Crippen LogP contribution is 2.21. The lowest BCUT2D eigenvalue weighted by Gasteiger charge is -2.08. The highest BCUT2D eigenvalue weighted by Gasteiger charge is 2.12. The van der Waals surface area contributed by atoms with Crippen LogP contribution in [-0.4, -0.2) is 11.9 Å². The molecule has 0 fully saturated rings. The zero-order chi connectivity index (χ0) is 10.7. The summed E-state index contributed by atoms with van der Waals surface area (Å²) in [5.41, 5.74) is 11.3. The van der Waals surface area contributed by atoms with E-state index in [0.29, 0.717) is 16.5 Å². The van der Waals surface area contributed by atoms with Gasteiger partial charge in [0.15, 0.2) is 0 Å². The monoisotopic (exact) mass is 232 g/mol. The number of nitrogens with two attached hydrogens (primary N) is 2. The van der Waals surface area contributed by atoms with Crippen LogP contribution in [-0.2, 0) is 11.2 Å². The average Bonchev–Trinajstić information content (AvgIpc) is 2.09. The molecule has 0 unspecified atom stereocenters. The number of halogens is 2. The van der Waals surface area contributed by atoms with Gasteiger partial charge in [0, 0.05) is 10.0 Å². The summed E-state index contributed by atoms with van der Waals surface area (Å²) in [7, 11) is 0. The van der Waals surface area contributed by atoms with Gasteiger partial charge in [0.25, 0.3) is 0 Å². The van der Waals surface area contributed by atoms with Crippen molar-refractivity contribution in [1.82, 2.24) is 0 Å². The molecule has 1 atom stereocenters. The van der Waals surface area contributed by atoms with Gasteiger partial charge >= 0.3 is 0 Å². The minimum Gasteiger partial charge on any atom is -0.368 e. The summed E-state index contributed by atoms with van der Waals surface area (Å²) in [6.07, 6.45) is 0.325. The number of benzene rings is 1. The molecule has 0 bridgehead atoms. The lowest BCUT2D eigenvalue weighted by molar-refractivity contribution is -0.119. The molecule has 14 heavy (non-hydrogen) atoms. The molecule has 0 spiro atoms. The van der Waals surface area contributed by atoms with Crippen molar-refractivity contribution < 1.29 is 4.79 Å². The van der Waals surface area contributed by atoms with Gasteiger partial charge in [-0.25, -0.2) is 0 Å². The highest BCUT2D eigenvalue weighted by molar-refractivity contribution is 6.35. The van der Waals surface area contributed by atoms with Gasteiger partial charge < -0.3 is 11.5 Å². The topological polar surface area (TPSA) is 69.1 Å². The van der Waals surface area contributed by atoms with Crippen molar-refractivity contribution in [1.29, 1.82) is 0 Å². The van der Waals surface area contributed by atoms with Crippen molar-refractivity contribution in [3.05, 3.63) is 33.8 Å². The van der Waals surface area contributed by atoms with E-state index >= 15 is 0 Å². The first kappa shape index (κ1) is 11.3. The number of amides is 1. The normalized spacial score (nSPS) is 12.5. The number of hydrogen-bond donors (Lipinski definition) is 2. The Bertz CT molecular complexity index is 355. The largest absolute Gasteiger partial charge is 0.368 e. The predicted molar refractivity (Wildman–Crippen MR) is 57.3 cm³/mol. The Kier molecular flexibility index (Phi) is 3.75. The van der Waals surface area contributed by atoms with Gasteiger partial charge in [-0.1, -0.05) is 29.3 Å². The SMILES string of the molecule is NC(=O)[C@H](N)Cc1ccc(Cl)cc1Cl. The van der Waals surface area contributed by atoms with E-state index in [1.54, 1.807) is 18.2 Å². The molecule has 0 heterocycles. The van der Waals surface area contributed by atoms with Gasteiger partial charge in [-0.15, -0.1) is 0 Å². The van der Waals surface area contributed by atoms with Crippen LogP contribution in [0.5, 0.6) is 0 Å². The molecule has 0 aromatic heterocycles. The van der Waals surface area contributed by atoms with Gasteiger partial charge in [0.05, 0.1) is 6.04 Å². The van der Waals surface area contributed by atoms with E-state index in [9.17, 15) is 4.79 Å². The molecule has 4 N–H and O–H groups in total. The molecule has 0 aliphatic heterocycles. The van der Waals surface area contributed by atoms with E-state index in [4.69, 9.17) is 34.7 Å². The Morgan fingerprint density at radius 2 is 2.07 bits per heavy atom. The molecule has 1 amide bonds. The van der Waals surface area contributed by atoms with Crippen LogP contribution in [0.25, 0.3) is 0 Å². The molecule has 3 nitrogen and oxygen atoms in total. The summed E-state index contributed by atoms with van der Waals surface area (Å²) in [6.45, 7) is 0. The quantitative estimate of drug-likeness (QED) is 0.827. The fraction of sp³-hybridized carbons (Fsp3) is 0.222. The standard InChI is InChI=1S/C9H10Cl2N2O/c10-6-2-1-5(7(11)4-6)3-8(12)9(13)14/h1-2,4,8H,3,12H2,(H2,13,14)/t8-/m1/s1. The minimum absolute atomic E-state index is 0.325. The van der Waals surface area contributed by atoms with Crippen LogP contribution >= 0.6 is 23.2 Å². The van der Waals surface area contributed by atoms with E-state index in [2.05, 4.69) is 0 Å². The van der Waals surface area contributed by atoms with Gasteiger partial charge in [-0.3, -0.25) is 4.79 Å². The van der Waals surface area contributed by atoms with Crippen molar-refractivity contribution in [3.8, 4) is 0 Å². The maximum Gasteiger partial charge on any atom is 0.234 e. The average molecular weight is 233 g/mol.